The molecular weight excluding hydrogens is 214 g/mol. The Hall–Kier alpha value is -1.06. The van der Waals surface area contributed by atoms with Gasteiger partial charge in [0.2, 0.25) is 0 Å². The molecule has 0 aliphatic carbocycles. The molecule has 0 aromatic heterocycles. The molecular formula is C14H21NO2. The van der Waals surface area contributed by atoms with E-state index in [1.807, 2.05) is 24.3 Å². The molecule has 0 spiro atoms. The van der Waals surface area contributed by atoms with Gasteiger partial charge in [0.05, 0.1) is 6.10 Å². The molecule has 0 unspecified atom stereocenters. The number of aliphatic hydroxyl groups excluding tert-OH is 1. The molecule has 1 fully saturated rings. The third-order valence-corrected chi connectivity index (χ3v) is 3.24. The summed E-state index contributed by atoms with van der Waals surface area (Å²) in [5.41, 5.74) is 0.928. The Morgan fingerprint density at radius 2 is 1.88 bits per heavy atom. The van der Waals surface area contributed by atoms with Gasteiger partial charge in [0.25, 0.3) is 0 Å². The first kappa shape index (κ1) is 12.4. The molecule has 0 radical (unpaired) electrons. The van der Waals surface area contributed by atoms with Crippen LogP contribution in [0.3, 0.4) is 0 Å². The molecule has 1 aromatic carbocycles. The van der Waals surface area contributed by atoms with E-state index in [0.29, 0.717) is 0 Å². The van der Waals surface area contributed by atoms with E-state index in [2.05, 4.69) is 4.90 Å². The quantitative estimate of drug-likeness (QED) is 0.849. The summed E-state index contributed by atoms with van der Waals surface area (Å²) in [5.74, 6) is 0.883. The SMILES string of the molecule is C[C@H](O)c1ccc(OCCN2CCCC2)cc1. The minimum absolute atomic E-state index is 0.409. The summed E-state index contributed by atoms with van der Waals surface area (Å²) in [4.78, 5) is 2.43. The molecule has 1 saturated heterocycles. The average molecular weight is 235 g/mol. The molecule has 1 aliphatic rings. The second-order valence-electron chi connectivity index (χ2n) is 4.64. The third kappa shape index (κ3) is 3.72. The first-order valence-corrected chi connectivity index (χ1v) is 6.39. The van der Waals surface area contributed by atoms with Gasteiger partial charge >= 0.3 is 0 Å². The molecule has 1 aliphatic heterocycles. The fourth-order valence-corrected chi connectivity index (χ4v) is 2.14. The number of benzene rings is 1. The molecule has 0 saturated carbocycles. The zero-order valence-electron chi connectivity index (χ0n) is 10.4. The minimum Gasteiger partial charge on any atom is -0.492 e. The van der Waals surface area contributed by atoms with Gasteiger partial charge in [-0.25, -0.2) is 0 Å². The Balaban J connectivity index is 1.74. The van der Waals surface area contributed by atoms with Crippen molar-refractivity contribution in [3.8, 4) is 5.75 Å². The van der Waals surface area contributed by atoms with Crippen molar-refractivity contribution in [2.24, 2.45) is 0 Å². The Morgan fingerprint density at radius 1 is 1.24 bits per heavy atom. The van der Waals surface area contributed by atoms with Crippen LogP contribution in [0.25, 0.3) is 0 Å². The maximum atomic E-state index is 9.39. The summed E-state index contributed by atoms with van der Waals surface area (Å²) in [6.45, 7) is 5.95. The third-order valence-electron chi connectivity index (χ3n) is 3.24. The van der Waals surface area contributed by atoms with E-state index in [1.165, 1.54) is 25.9 Å². The van der Waals surface area contributed by atoms with Crippen LogP contribution < -0.4 is 4.74 Å². The number of aliphatic hydroxyl groups is 1. The van der Waals surface area contributed by atoms with Crippen LogP contribution in [0.1, 0.15) is 31.4 Å². The van der Waals surface area contributed by atoms with Crippen LogP contribution in [0.4, 0.5) is 0 Å². The normalized spacial score (nSPS) is 18.2. The Bertz CT molecular complexity index is 329. The smallest absolute Gasteiger partial charge is 0.119 e. The summed E-state index contributed by atoms with van der Waals surface area (Å²) in [6, 6.07) is 7.67. The predicted octanol–water partition coefficient (Wildman–Crippen LogP) is 2.21. The lowest BCUT2D eigenvalue weighted by molar-refractivity contribution is 0.199. The van der Waals surface area contributed by atoms with Crippen LogP contribution in [-0.4, -0.2) is 36.2 Å². The first-order valence-electron chi connectivity index (χ1n) is 6.39. The van der Waals surface area contributed by atoms with Gasteiger partial charge in [-0.2, -0.15) is 0 Å². The lowest BCUT2D eigenvalue weighted by Crippen LogP contribution is -2.25. The van der Waals surface area contributed by atoms with Gasteiger partial charge in [-0.05, 0) is 50.6 Å². The fraction of sp³-hybridized carbons (Fsp3) is 0.571. The summed E-state index contributed by atoms with van der Waals surface area (Å²) in [5, 5.41) is 9.39. The molecule has 0 bridgehead atoms. The van der Waals surface area contributed by atoms with E-state index >= 15 is 0 Å². The van der Waals surface area contributed by atoms with Crippen LogP contribution in [-0.2, 0) is 0 Å². The van der Waals surface area contributed by atoms with Crippen molar-refractivity contribution in [3.63, 3.8) is 0 Å². The van der Waals surface area contributed by atoms with Crippen LogP contribution in [0.15, 0.2) is 24.3 Å². The highest BCUT2D eigenvalue weighted by molar-refractivity contribution is 5.28. The molecule has 3 heteroatoms. The van der Waals surface area contributed by atoms with Crippen molar-refractivity contribution in [1.82, 2.24) is 4.90 Å². The highest BCUT2D eigenvalue weighted by Gasteiger charge is 2.10. The zero-order valence-corrected chi connectivity index (χ0v) is 10.4. The molecule has 94 valence electrons. The largest absolute Gasteiger partial charge is 0.492 e. The number of hydrogen-bond acceptors (Lipinski definition) is 3. The molecule has 1 aromatic rings. The second kappa shape index (κ2) is 6.03. The maximum absolute atomic E-state index is 9.39. The van der Waals surface area contributed by atoms with Crippen LogP contribution in [0.5, 0.6) is 5.75 Å². The molecule has 1 N–H and O–H groups in total. The maximum Gasteiger partial charge on any atom is 0.119 e. The molecule has 1 heterocycles. The number of rotatable bonds is 5. The van der Waals surface area contributed by atoms with Crippen molar-refractivity contribution in [3.05, 3.63) is 29.8 Å². The lowest BCUT2D eigenvalue weighted by Gasteiger charge is -2.15. The lowest BCUT2D eigenvalue weighted by atomic mass is 10.1. The summed E-state index contributed by atoms with van der Waals surface area (Å²) >= 11 is 0. The van der Waals surface area contributed by atoms with E-state index < -0.39 is 6.10 Å². The van der Waals surface area contributed by atoms with E-state index in [9.17, 15) is 5.11 Å². The highest BCUT2D eigenvalue weighted by Crippen LogP contribution is 2.17. The monoisotopic (exact) mass is 235 g/mol. The number of likely N-dealkylation sites (tertiary alicyclic amines) is 1. The first-order chi connectivity index (χ1) is 8.25. The predicted molar refractivity (Wildman–Crippen MR) is 68.2 cm³/mol. The van der Waals surface area contributed by atoms with E-state index in [0.717, 1.165) is 24.5 Å². The molecule has 2 rings (SSSR count). The van der Waals surface area contributed by atoms with Gasteiger partial charge < -0.3 is 9.84 Å². The van der Waals surface area contributed by atoms with Crippen LogP contribution in [0.2, 0.25) is 0 Å². The second-order valence-corrected chi connectivity index (χ2v) is 4.64. The molecule has 0 amide bonds. The van der Waals surface area contributed by atoms with E-state index in [4.69, 9.17) is 4.74 Å². The standard InChI is InChI=1S/C14H21NO2/c1-12(16)13-4-6-14(7-5-13)17-11-10-15-8-2-3-9-15/h4-7,12,16H,2-3,8-11H2,1H3/t12-/m0/s1. The van der Waals surface area contributed by atoms with Crippen LogP contribution >= 0.6 is 0 Å². The van der Waals surface area contributed by atoms with Gasteiger partial charge in [0.15, 0.2) is 0 Å². The topological polar surface area (TPSA) is 32.7 Å². The van der Waals surface area contributed by atoms with Gasteiger partial charge in [-0.1, -0.05) is 12.1 Å². The van der Waals surface area contributed by atoms with Crippen molar-refractivity contribution < 1.29 is 9.84 Å². The van der Waals surface area contributed by atoms with Crippen molar-refractivity contribution in [2.75, 3.05) is 26.2 Å². The summed E-state index contributed by atoms with van der Waals surface area (Å²) in [7, 11) is 0. The zero-order chi connectivity index (χ0) is 12.1. The van der Waals surface area contributed by atoms with E-state index in [-0.39, 0.29) is 0 Å². The fourth-order valence-electron chi connectivity index (χ4n) is 2.14. The van der Waals surface area contributed by atoms with E-state index in [1.54, 1.807) is 6.92 Å². The number of hydrogen-bond donors (Lipinski definition) is 1. The molecule has 1 atom stereocenters. The Kier molecular flexibility index (Phi) is 4.40. The van der Waals surface area contributed by atoms with Gasteiger partial charge in [0.1, 0.15) is 12.4 Å². The van der Waals surface area contributed by atoms with Gasteiger partial charge in [0, 0.05) is 6.54 Å². The van der Waals surface area contributed by atoms with Crippen molar-refractivity contribution >= 4 is 0 Å². The van der Waals surface area contributed by atoms with Gasteiger partial charge in [-0.15, -0.1) is 0 Å². The average Bonchev–Trinajstić information content (AvgIpc) is 2.83. The summed E-state index contributed by atoms with van der Waals surface area (Å²) in [6.07, 6.45) is 2.24. The summed E-state index contributed by atoms with van der Waals surface area (Å²) < 4.78 is 5.68. The number of ether oxygens (including phenoxy) is 1. The highest BCUT2D eigenvalue weighted by atomic mass is 16.5. The van der Waals surface area contributed by atoms with Crippen LogP contribution in [0, 0.1) is 0 Å². The van der Waals surface area contributed by atoms with Crippen molar-refractivity contribution in [2.45, 2.75) is 25.9 Å². The Labute approximate surface area is 103 Å². The van der Waals surface area contributed by atoms with Gasteiger partial charge in [-0.3, -0.25) is 4.90 Å². The molecule has 17 heavy (non-hydrogen) atoms. The molecule has 3 nitrogen and oxygen atoms in total. The minimum atomic E-state index is -0.409. The Morgan fingerprint density at radius 3 is 2.47 bits per heavy atom. The van der Waals surface area contributed by atoms with Crippen molar-refractivity contribution in [1.29, 1.82) is 0 Å². The number of nitrogens with zero attached hydrogens (tertiary/aromatic N) is 1.